The van der Waals surface area contributed by atoms with E-state index in [0.29, 0.717) is 11.1 Å². The second kappa shape index (κ2) is 6.96. The summed E-state index contributed by atoms with van der Waals surface area (Å²) in [5.41, 5.74) is 2.59. The fourth-order valence-corrected chi connectivity index (χ4v) is 3.25. The van der Waals surface area contributed by atoms with E-state index in [0.717, 1.165) is 27.6 Å². The minimum Gasteiger partial charge on any atom is -0.507 e. The van der Waals surface area contributed by atoms with Crippen LogP contribution in [0.4, 0.5) is 0 Å². The first-order valence-corrected chi connectivity index (χ1v) is 8.67. The summed E-state index contributed by atoms with van der Waals surface area (Å²) >= 11 is 0. The number of aromatic hydroxyl groups is 1. The summed E-state index contributed by atoms with van der Waals surface area (Å²) < 4.78 is 5.24. The van der Waals surface area contributed by atoms with Crippen LogP contribution in [0.1, 0.15) is 15.9 Å². The Balaban J connectivity index is 1.94. The van der Waals surface area contributed by atoms with Crippen LogP contribution in [0.25, 0.3) is 21.9 Å². The van der Waals surface area contributed by atoms with Crippen LogP contribution in [0.5, 0.6) is 11.5 Å². The molecule has 4 aromatic rings. The molecule has 0 amide bonds. The van der Waals surface area contributed by atoms with E-state index < -0.39 is 0 Å². The summed E-state index contributed by atoms with van der Waals surface area (Å²) in [6.45, 7) is 0. The number of fused-ring (bicyclic) bond motifs is 1. The first-order chi connectivity index (χ1) is 13.2. The average Bonchev–Trinajstić information content (AvgIpc) is 2.73. The number of para-hydroxylation sites is 1. The molecule has 0 spiro atoms. The van der Waals surface area contributed by atoms with Crippen LogP contribution < -0.4 is 4.74 Å². The van der Waals surface area contributed by atoms with Crippen LogP contribution in [-0.4, -0.2) is 18.0 Å². The maximum absolute atomic E-state index is 13.2. The van der Waals surface area contributed by atoms with Gasteiger partial charge in [-0.2, -0.15) is 0 Å². The monoisotopic (exact) mass is 354 g/mol. The van der Waals surface area contributed by atoms with E-state index in [2.05, 4.69) is 0 Å². The zero-order valence-corrected chi connectivity index (χ0v) is 14.8. The topological polar surface area (TPSA) is 46.5 Å². The molecular weight excluding hydrogens is 336 g/mol. The molecule has 132 valence electrons. The zero-order valence-electron chi connectivity index (χ0n) is 14.8. The van der Waals surface area contributed by atoms with Gasteiger partial charge in [-0.1, -0.05) is 48.5 Å². The van der Waals surface area contributed by atoms with Crippen molar-refractivity contribution in [1.29, 1.82) is 0 Å². The first-order valence-electron chi connectivity index (χ1n) is 8.67. The van der Waals surface area contributed by atoms with Gasteiger partial charge in [-0.3, -0.25) is 4.79 Å². The molecule has 0 aliphatic carbocycles. The summed E-state index contributed by atoms with van der Waals surface area (Å²) in [4.78, 5) is 13.2. The van der Waals surface area contributed by atoms with Crippen molar-refractivity contribution in [3.05, 3.63) is 96.1 Å². The van der Waals surface area contributed by atoms with E-state index >= 15 is 0 Å². The highest BCUT2D eigenvalue weighted by molar-refractivity contribution is 6.16. The van der Waals surface area contributed by atoms with Crippen molar-refractivity contribution in [1.82, 2.24) is 0 Å². The molecule has 27 heavy (non-hydrogen) atoms. The molecule has 0 bridgehead atoms. The highest BCUT2D eigenvalue weighted by atomic mass is 16.5. The van der Waals surface area contributed by atoms with Gasteiger partial charge in [0.25, 0.3) is 0 Å². The van der Waals surface area contributed by atoms with Crippen molar-refractivity contribution < 1.29 is 14.6 Å². The van der Waals surface area contributed by atoms with Gasteiger partial charge in [0.2, 0.25) is 0 Å². The molecule has 0 aliphatic rings. The molecule has 4 rings (SSSR count). The standard InChI is InChI=1S/C24H18O3/c1-27-19-12-10-16(11-13-19)21-14-17-6-2-3-7-18(17)15-22(21)24(26)20-8-4-5-9-23(20)25/h2-15,25H,1H3. The molecule has 0 heterocycles. The Morgan fingerprint density at radius 1 is 0.778 bits per heavy atom. The predicted octanol–water partition coefficient (Wildman–Crippen LogP) is 5.45. The van der Waals surface area contributed by atoms with Gasteiger partial charge < -0.3 is 9.84 Å². The molecule has 0 aromatic heterocycles. The lowest BCUT2D eigenvalue weighted by Crippen LogP contribution is -2.04. The Kier molecular flexibility index (Phi) is 4.35. The largest absolute Gasteiger partial charge is 0.507 e. The number of methoxy groups -OCH3 is 1. The van der Waals surface area contributed by atoms with E-state index in [1.807, 2.05) is 60.7 Å². The summed E-state index contributed by atoms with van der Waals surface area (Å²) in [7, 11) is 1.62. The van der Waals surface area contributed by atoms with Gasteiger partial charge in [0.15, 0.2) is 5.78 Å². The van der Waals surface area contributed by atoms with Crippen molar-refractivity contribution in [3.63, 3.8) is 0 Å². The first kappa shape index (κ1) is 16.9. The van der Waals surface area contributed by atoms with Gasteiger partial charge in [0.1, 0.15) is 11.5 Å². The van der Waals surface area contributed by atoms with E-state index in [4.69, 9.17) is 4.74 Å². The number of rotatable bonds is 4. The molecule has 0 aliphatic heterocycles. The lowest BCUT2D eigenvalue weighted by Gasteiger charge is -2.13. The van der Waals surface area contributed by atoms with Crippen LogP contribution in [0, 0.1) is 0 Å². The number of phenols is 1. The molecule has 0 saturated carbocycles. The number of benzene rings is 4. The van der Waals surface area contributed by atoms with Gasteiger partial charge in [-0.15, -0.1) is 0 Å². The molecule has 0 radical (unpaired) electrons. The Morgan fingerprint density at radius 3 is 2.07 bits per heavy atom. The molecule has 0 saturated heterocycles. The van der Waals surface area contributed by atoms with E-state index in [-0.39, 0.29) is 11.5 Å². The highest BCUT2D eigenvalue weighted by Gasteiger charge is 2.18. The van der Waals surface area contributed by atoms with Gasteiger partial charge in [-0.05, 0) is 58.3 Å². The van der Waals surface area contributed by atoms with Crippen LogP contribution in [-0.2, 0) is 0 Å². The lowest BCUT2D eigenvalue weighted by molar-refractivity contribution is 0.103. The lowest BCUT2D eigenvalue weighted by atomic mass is 9.91. The van der Waals surface area contributed by atoms with E-state index in [9.17, 15) is 9.90 Å². The zero-order chi connectivity index (χ0) is 18.8. The number of carbonyl (C=O) groups is 1. The van der Waals surface area contributed by atoms with Crippen LogP contribution in [0.3, 0.4) is 0 Å². The number of ketones is 1. The summed E-state index contributed by atoms with van der Waals surface area (Å²) in [5, 5.41) is 12.2. The third-order valence-electron chi connectivity index (χ3n) is 4.68. The second-order valence-corrected chi connectivity index (χ2v) is 6.32. The maximum atomic E-state index is 13.2. The maximum Gasteiger partial charge on any atom is 0.197 e. The summed E-state index contributed by atoms with van der Waals surface area (Å²) in [6, 6.07) is 26.1. The quantitative estimate of drug-likeness (QED) is 0.496. The van der Waals surface area contributed by atoms with Crippen molar-refractivity contribution in [2.45, 2.75) is 0 Å². The molecule has 3 nitrogen and oxygen atoms in total. The molecular formula is C24H18O3. The van der Waals surface area contributed by atoms with E-state index in [1.165, 1.54) is 6.07 Å². The van der Waals surface area contributed by atoms with Crippen molar-refractivity contribution in [2.24, 2.45) is 0 Å². The molecule has 0 atom stereocenters. The van der Waals surface area contributed by atoms with Crippen molar-refractivity contribution in [3.8, 4) is 22.6 Å². The van der Waals surface area contributed by atoms with Gasteiger partial charge in [0.05, 0.1) is 12.7 Å². The van der Waals surface area contributed by atoms with Crippen LogP contribution in [0.2, 0.25) is 0 Å². The summed E-state index contributed by atoms with van der Waals surface area (Å²) in [6.07, 6.45) is 0. The third kappa shape index (κ3) is 3.15. The van der Waals surface area contributed by atoms with E-state index in [1.54, 1.807) is 25.3 Å². The molecule has 0 unspecified atom stereocenters. The third-order valence-corrected chi connectivity index (χ3v) is 4.68. The number of ether oxygens (including phenoxy) is 1. The Bertz CT molecular complexity index is 1130. The Labute approximate surface area is 157 Å². The van der Waals surface area contributed by atoms with Crippen molar-refractivity contribution in [2.75, 3.05) is 7.11 Å². The predicted molar refractivity (Wildman–Crippen MR) is 107 cm³/mol. The van der Waals surface area contributed by atoms with Gasteiger partial charge >= 0.3 is 0 Å². The molecule has 1 N–H and O–H groups in total. The second-order valence-electron chi connectivity index (χ2n) is 6.32. The normalized spacial score (nSPS) is 10.7. The summed E-state index contributed by atoms with van der Waals surface area (Å²) in [5.74, 6) is 0.536. The minimum atomic E-state index is -0.204. The molecule has 4 aromatic carbocycles. The number of carbonyl (C=O) groups excluding carboxylic acids is 1. The smallest absolute Gasteiger partial charge is 0.197 e. The van der Waals surface area contributed by atoms with Crippen LogP contribution >= 0.6 is 0 Å². The number of hydrogen-bond donors (Lipinski definition) is 1. The van der Waals surface area contributed by atoms with Gasteiger partial charge in [-0.25, -0.2) is 0 Å². The molecule has 0 fully saturated rings. The Hall–Kier alpha value is -3.59. The van der Waals surface area contributed by atoms with Crippen molar-refractivity contribution >= 4 is 16.6 Å². The highest BCUT2D eigenvalue weighted by Crippen LogP contribution is 2.33. The fourth-order valence-electron chi connectivity index (χ4n) is 3.25. The number of phenolic OH excluding ortho intramolecular Hbond substituents is 1. The average molecular weight is 354 g/mol. The van der Waals surface area contributed by atoms with Gasteiger partial charge in [0, 0.05) is 5.56 Å². The molecule has 3 heteroatoms. The SMILES string of the molecule is COc1ccc(-c2cc3ccccc3cc2C(=O)c2ccccc2O)cc1. The van der Waals surface area contributed by atoms with Crippen LogP contribution in [0.15, 0.2) is 84.9 Å². The Morgan fingerprint density at radius 2 is 1.41 bits per heavy atom. The fraction of sp³-hybridized carbons (Fsp3) is 0.0417. The number of hydrogen-bond acceptors (Lipinski definition) is 3. The minimum absolute atomic E-state index is 0.0173.